The molecule has 0 radical (unpaired) electrons. The van der Waals surface area contributed by atoms with Crippen LogP contribution in [0, 0.1) is 0 Å². The Labute approximate surface area is 182 Å². The fourth-order valence-corrected chi connectivity index (χ4v) is 4.28. The third-order valence-corrected chi connectivity index (χ3v) is 5.97. The molecule has 3 aromatic rings. The average Bonchev–Trinajstić information content (AvgIpc) is 3.05. The molecule has 158 valence electrons. The number of aryl methyl sites for hydroxylation is 1. The van der Waals surface area contributed by atoms with Crippen molar-refractivity contribution in [2.45, 2.75) is 26.3 Å². The summed E-state index contributed by atoms with van der Waals surface area (Å²) in [5, 5.41) is 3.58. The highest BCUT2D eigenvalue weighted by molar-refractivity contribution is 6.33. The standard InChI is InChI=1S/C23H28ClN5O/c1-3-6-23(30)25-17-9-10-20(18(24)15-17)29-13-11-28(12-14-29)16-22-26-19-7-4-5-8-21(19)27(22)2/h4-5,7-10,15H,3,6,11-14,16H2,1-2H3,(H,25,30). The van der Waals surface area contributed by atoms with E-state index < -0.39 is 0 Å². The lowest BCUT2D eigenvalue weighted by Gasteiger charge is -2.36. The van der Waals surface area contributed by atoms with Crippen molar-refractivity contribution in [2.24, 2.45) is 7.05 Å². The van der Waals surface area contributed by atoms with Crippen LogP contribution in [0.2, 0.25) is 5.02 Å². The first-order chi connectivity index (χ1) is 14.5. The molecule has 4 rings (SSSR count). The zero-order valence-electron chi connectivity index (χ0n) is 17.6. The second-order valence-electron chi connectivity index (χ2n) is 7.80. The lowest BCUT2D eigenvalue weighted by molar-refractivity contribution is -0.116. The molecule has 0 saturated carbocycles. The molecule has 1 aliphatic rings. The van der Waals surface area contributed by atoms with Gasteiger partial charge in [-0.05, 0) is 36.8 Å². The van der Waals surface area contributed by atoms with Gasteiger partial charge in [-0.25, -0.2) is 4.98 Å². The van der Waals surface area contributed by atoms with Gasteiger partial charge in [0, 0.05) is 45.3 Å². The van der Waals surface area contributed by atoms with Crippen molar-refractivity contribution < 1.29 is 4.79 Å². The van der Waals surface area contributed by atoms with Crippen molar-refractivity contribution in [3.63, 3.8) is 0 Å². The lowest BCUT2D eigenvalue weighted by atomic mass is 10.2. The smallest absolute Gasteiger partial charge is 0.224 e. The van der Waals surface area contributed by atoms with E-state index in [1.165, 1.54) is 5.52 Å². The van der Waals surface area contributed by atoms with E-state index in [1.807, 2.05) is 31.2 Å². The summed E-state index contributed by atoms with van der Waals surface area (Å²) in [6.45, 7) is 6.56. The number of amides is 1. The zero-order valence-corrected chi connectivity index (χ0v) is 18.3. The molecular weight excluding hydrogens is 398 g/mol. The van der Waals surface area contributed by atoms with E-state index in [0.29, 0.717) is 11.4 Å². The molecule has 0 spiro atoms. The second kappa shape index (κ2) is 9.06. The Morgan fingerprint density at radius 1 is 1.13 bits per heavy atom. The van der Waals surface area contributed by atoms with Gasteiger partial charge < -0.3 is 14.8 Å². The summed E-state index contributed by atoms with van der Waals surface area (Å²) < 4.78 is 2.18. The number of benzene rings is 2. The van der Waals surface area contributed by atoms with Crippen molar-refractivity contribution in [2.75, 3.05) is 36.4 Å². The number of hydrogen-bond donors (Lipinski definition) is 1. The van der Waals surface area contributed by atoms with Crippen LogP contribution >= 0.6 is 11.6 Å². The quantitative estimate of drug-likeness (QED) is 0.640. The van der Waals surface area contributed by atoms with Gasteiger partial charge in [0.05, 0.1) is 28.3 Å². The van der Waals surface area contributed by atoms with Gasteiger partial charge in [-0.15, -0.1) is 0 Å². The van der Waals surface area contributed by atoms with E-state index in [4.69, 9.17) is 16.6 Å². The summed E-state index contributed by atoms with van der Waals surface area (Å²) >= 11 is 6.54. The van der Waals surface area contributed by atoms with E-state index in [2.05, 4.69) is 44.9 Å². The van der Waals surface area contributed by atoms with Gasteiger partial charge in [0.1, 0.15) is 5.82 Å². The van der Waals surface area contributed by atoms with Gasteiger partial charge in [-0.3, -0.25) is 9.69 Å². The number of aromatic nitrogens is 2. The van der Waals surface area contributed by atoms with E-state index in [9.17, 15) is 4.79 Å². The van der Waals surface area contributed by atoms with Crippen LogP contribution in [0.1, 0.15) is 25.6 Å². The zero-order chi connectivity index (χ0) is 21.1. The highest BCUT2D eigenvalue weighted by atomic mass is 35.5. The number of nitrogens with one attached hydrogen (secondary N) is 1. The van der Waals surface area contributed by atoms with E-state index in [1.54, 1.807) is 0 Å². The third-order valence-electron chi connectivity index (χ3n) is 5.67. The van der Waals surface area contributed by atoms with Crippen LogP contribution in [-0.4, -0.2) is 46.5 Å². The Hall–Kier alpha value is -2.57. The molecule has 1 aliphatic heterocycles. The number of anilines is 2. The van der Waals surface area contributed by atoms with Gasteiger partial charge in [0.15, 0.2) is 0 Å². The predicted molar refractivity (Wildman–Crippen MR) is 123 cm³/mol. The summed E-state index contributed by atoms with van der Waals surface area (Å²) in [5.74, 6) is 1.12. The van der Waals surface area contributed by atoms with E-state index in [0.717, 1.165) is 61.9 Å². The van der Waals surface area contributed by atoms with Gasteiger partial charge in [0.25, 0.3) is 0 Å². The summed E-state index contributed by atoms with van der Waals surface area (Å²) in [4.78, 5) is 21.3. The van der Waals surface area contributed by atoms with Gasteiger partial charge in [-0.2, -0.15) is 0 Å². The van der Waals surface area contributed by atoms with E-state index in [-0.39, 0.29) is 5.91 Å². The molecule has 0 unspecified atom stereocenters. The van der Waals surface area contributed by atoms with Crippen molar-refractivity contribution in [3.05, 3.63) is 53.3 Å². The minimum absolute atomic E-state index is 0.0249. The molecule has 0 atom stereocenters. The average molecular weight is 426 g/mol. The molecule has 1 saturated heterocycles. The third kappa shape index (κ3) is 4.45. The number of imidazole rings is 1. The molecule has 7 heteroatoms. The Morgan fingerprint density at radius 2 is 1.90 bits per heavy atom. The van der Waals surface area contributed by atoms with Crippen LogP contribution in [-0.2, 0) is 18.4 Å². The molecule has 0 bridgehead atoms. The number of carbonyl (C=O) groups is 1. The van der Waals surface area contributed by atoms with Gasteiger partial charge >= 0.3 is 0 Å². The summed E-state index contributed by atoms with van der Waals surface area (Å²) in [5.41, 5.74) is 3.99. The van der Waals surface area contributed by atoms with E-state index >= 15 is 0 Å². The first kappa shape index (κ1) is 20.7. The Balaban J connectivity index is 1.37. The fraction of sp³-hybridized carbons (Fsp3) is 0.391. The maximum Gasteiger partial charge on any atom is 0.224 e. The van der Waals surface area contributed by atoms with Crippen molar-refractivity contribution >= 4 is 39.9 Å². The number of fused-ring (bicyclic) bond motifs is 1. The normalized spacial score (nSPS) is 15.0. The topological polar surface area (TPSA) is 53.4 Å². The Bertz CT molecular complexity index is 1040. The molecule has 1 aromatic heterocycles. The highest BCUT2D eigenvalue weighted by Gasteiger charge is 2.21. The van der Waals surface area contributed by atoms with Crippen LogP contribution in [0.3, 0.4) is 0 Å². The predicted octanol–water partition coefficient (Wildman–Crippen LogP) is 4.29. The van der Waals surface area contributed by atoms with Crippen molar-refractivity contribution in [1.82, 2.24) is 14.5 Å². The minimum atomic E-state index is 0.0249. The van der Waals surface area contributed by atoms with Gasteiger partial charge in [-0.1, -0.05) is 30.7 Å². The first-order valence-corrected chi connectivity index (χ1v) is 10.9. The second-order valence-corrected chi connectivity index (χ2v) is 8.21. The number of nitrogens with zero attached hydrogens (tertiary/aromatic N) is 4. The van der Waals surface area contributed by atoms with Crippen LogP contribution < -0.4 is 10.2 Å². The van der Waals surface area contributed by atoms with Crippen LogP contribution in [0.25, 0.3) is 11.0 Å². The summed E-state index contributed by atoms with van der Waals surface area (Å²) in [6, 6.07) is 14.0. The van der Waals surface area contributed by atoms with Crippen LogP contribution in [0.4, 0.5) is 11.4 Å². The number of halogens is 1. The molecule has 1 amide bonds. The SMILES string of the molecule is CCCC(=O)Nc1ccc(N2CCN(Cc3nc4ccccc4n3C)CC2)c(Cl)c1. The Kier molecular flexibility index (Phi) is 6.25. The first-order valence-electron chi connectivity index (χ1n) is 10.5. The maximum absolute atomic E-state index is 11.8. The molecule has 1 fully saturated rings. The largest absolute Gasteiger partial charge is 0.368 e. The molecule has 2 heterocycles. The molecule has 0 aliphatic carbocycles. The van der Waals surface area contributed by atoms with Crippen molar-refractivity contribution in [1.29, 1.82) is 0 Å². The highest BCUT2D eigenvalue weighted by Crippen LogP contribution is 2.30. The summed E-state index contributed by atoms with van der Waals surface area (Å²) in [7, 11) is 2.08. The fourth-order valence-electron chi connectivity index (χ4n) is 3.98. The van der Waals surface area contributed by atoms with Gasteiger partial charge in [0.2, 0.25) is 5.91 Å². The van der Waals surface area contributed by atoms with Crippen LogP contribution in [0.15, 0.2) is 42.5 Å². The van der Waals surface area contributed by atoms with Crippen LogP contribution in [0.5, 0.6) is 0 Å². The maximum atomic E-state index is 11.8. The minimum Gasteiger partial charge on any atom is -0.368 e. The molecule has 30 heavy (non-hydrogen) atoms. The Morgan fingerprint density at radius 3 is 2.60 bits per heavy atom. The molecule has 2 aromatic carbocycles. The molecule has 6 nitrogen and oxygen atoms in total. The summed E-state index contributed by atoms with van der Waals surface area (Å²) in [6.07, 6.45) is 1.35. The number of para-hydroxylation sites is 2. The lowest BCUT2D eigenvalue weighted by Crippen LogP contribution is -2.46. The monoisotopic (exact) mass is 425 g/mol. The number of piperazine rings is 1. The van der Waals surface area contributed by atoms with Crippen molar-refractivity contribution in [3.8, 4) is 0 Å². The number of carbonyl (C=O) groups excluding carboxylic acids is 1. The number of rotatable bonds is 6. The molecular formula is C23H28ClN5O. The molecule has 1 N–H and O–H groups in total. The number of hydrogen-bond acceptors (Lipinski definition) is 4.